The summed E-state index contributed by atoms with van der Waals surface area (Å²) in [5, 5.41) is 3.05. The van der Waals surface area contributed by atoms with Gasteiger partial charge in [-0.2, -0.15) is 0 Å². The maximum Gasteiger partial charge on any atom is 0.252 e. The second kappa shape index (κ2) is 8.35. The number of carbonyl (C=O) groups excluding carboxylic acids is 1. The molecule has 2 heterocycles. The van der Waals surface area contributed by atoms with E-state index in [0.29, 0.717) is 11.4 Å². The van der Waals surface area contributed by atoms with E-state index < -0.39 is 6.04 Å². The quantitative estimate of drug-likeness (QED) is 0.431. The van der Waals surface area contributed by atoms with Gasteiger partial charge in [-0.3, -0.25) is 9.36 Å². The Labute approximate surface area is 190 Å². The van der Waals surface area contributed by atoms with Gasteiger partial charge in [0.2, 0.25) is 0 Å². The van der Waals surface area contributed by atoms with Gasteiger partial charge in [-0.05, 0) is 55.0 Å². The Hall–Kier alpha value is -4.26. The number of benzene rings is 3. The lowest BCUT2D eigenvalue weighted by Gasteiger charge is -2.19. The summed E-state index contributed by atoms with van der Waals surface area (Å²) in [6, 6.07) is 21.0. The average molecular weight is 439 g/mol. The molecule has 0 spiro atoms. The smallest absolute Gasteiger partial charge is 0.252 e. The summed E-state index contributed by atoms with van der Waals surface area (Å²) in [6.45, 7) is 1.94. The van der Waals surface area contributed by atoms with Crippen molar-refractivity contribution < 1.29 is 9.18 Å². The molecule has 0 bridgehead atoms. The number of nitrogens with zero attached hydrogens (tertiary/aromatic N) is 4. The minimum Gasteiger partial charge on any atom is -0.338 e. The van der Waals surface area contributed by atoms with Gasteiger partial charge in [-0.25, -0.2) is 14.4 Å². The van der Waals surface area contributed by atoms with Gasteiger partial charge in [0.1, 0.15) is 23.5 Å². The Morgan fingerprint density at radius 3 is 2.48 bits per heavy atom. The highest BCUT2D eigenvalue weighted by molar-refractivity contribution is 5.98. The monoisotopic (exact) mass is 439 g/mol. The topological polar surface area (TPSA) is 64.7 Å². The molecule has 0 aliphatic rings. The number of hydrogen-bond donors (Lipinski definition) is 1. The molecular weight excluding hydrogens is 417 g/mol. The number of fused-ring (bicyclic) bond motifs is 1. The summed E-state index contributed by atoms with van der Waals surface area (Å²) in [4.78, 5) is 22.3. The van der Waals surface area contributed by atoms with Crippen molar-refractivity contribution in [3.05, 3.63) is 114 Å². The van der Waals surface area contributed by atoms with Gasteiger partial charge in [0.25, 0.3) is 5.91 Å². The summed E-state index contributed by atoms with van der Waals surface area (Å²) in [5.74, 6) is 0.894. The normalized spacial score (nSPS) is 12.1. The number of aromatic nitrogens is 4. The van der Waals surface area contributed by atoms with E-state index in [1.807, 2.05) is 61.1 Å². The number of rotatable bonds is 5. The number of carbonyl (C=O) groups is 1. The number of hydrogen-bond acceptors (Lipinski definition) is 3. The summed E-state index contributed by atoms with van der Waals surface area (Å²) in [7, 11) is 1.86. The Balaban J connectivity index is 1.49. The fraction of sp³-hybridized carbons (Fsp3) is 0.115. The van der Waals surface area contributed by atoms with Crippen molar-refractivity contribution in [2.24, 2.45) is 7.05 Å². The molecule has 0 radical (unpaired) electrons. The van der Waals surface area contributed by atoms with E-state index in [9.17, 15) is 9.18 Å². The first-order chi connectivity index (χ1) is 16.0. The van der Waals surface area contributed by atoms with E-state index in [-0.39, 0.29) is 11.7 Å². The molecule has 2 aromatic heterocycles. The third-order valence-electron chi connectivity index (χ3n) is 5.69. The van der Waals surface area contributed by atoms with Crippen LogP contribution in [0.5, 0.6) is 0 Å². The molecule has 0 fully saturated rings. The number of halogens is 1. The fourth-order valence-corrected chi connectivity index (χ4v) is 4.07. The highest BCUT2D eigenvalue weighted by Gasteiger charge is 2.22. The lowest BCUT2D eigenvalue weighted by molar-refractivity contribution is 0.0941. The SMILES string of the molecule is Cc1nc2cc(C(=O)N[C@H](c3ccc(F)cc3)c3nccn3C)ccc2n1-c1ccccc1. The maximum atomic E-state index is 13.5. The number of para-hydroxylation sites is 1. The molecular formula is C26H22FN5O. The second-order valence-corrected chi connectivity index (χ2v) is 7.89. The van der Waals surface area contributed by atoms with E-state index in [1.165, 1.54) is 12.1 Å². The third kappa shape index (κ3) is 3.89. The molecule has 1 amide bonds. The molecule has 33 heavy (non-hydrogen) atoms. The predicted molar refractivity (Wildman–Crippen MR) is 125 cm³/mol. The molecule has 164 valence electrons. The molecule has 1 atom stereocenters. The summed E-state index contributed by atoms with van der Waals surface area (Å²) < 4.78 is 17.4. The fourth-order valence-electron chi connectivity index (χ4n) is 4.07. The highest BCUT2D eigenvalue weighted by Crippen LogP contribution is 2.24. The second-order valence-electron chi connectivity index (χ2n) is 7.89. The zero-order chi connectivity index (χ0) is 22.9. The van der Waals surface area contributed by atoms with Crippen LogP contribution in [-0.2, 0) is 7.05 Å². The number of nitrogens with one attached hydrogen (secondary N) is 1. The Bertz CT molecular complexity index is 1440. The van der Waals surface area contributed by atoms with E-state index >= 15 is 0 Å². The van der Waals surface area contributed by atoms with Gasteiger partial charge in [-0.1, -0.05) is 30.3 Å². The first kappa shape index (κ1) is 20.6. The van der Waals surface area contributed by atoms with Crippen LogP contribution in [0.25, 0.3) is 16.7 Å². The standard InChI is InChI=1S/C26H22FN5O/c1-17-29-22-16-19(10-13-23(22)32(17)21-6-4-3-5-7-21)26(33)30-24(25-28-14-15-31(25)2)18-8-11-20(27)12-9-18/h3-16,24H,1-2H3,(H,30,33)/t24-/m1/s1. The molecule has 3 aromatic carbocycles. The largest absolute Gasteiger partial charge is 0.338 e. The Morgan fingerprint density at radius 2 is 1.79 bits per heavy atom. The zero-order valence-electron chi connectivity index (χ0n) is 18.2. The Morgan fingerprint density at radius 1 is 1.03 bits per heavy atom. The van der Waals surface area contributed by atoms with Crippen LogP contribution in [0.4, 0.5) is 4.39 Å². The van der Waals surface area contributed by atoms with Crippen LogP contribution >= 0.6 is 0 Å². The highest BCUT2D eigenvalue weighted by atomic mass is 19.1. The Kier molecular flexibility index (Phi) is 5.22. The number of aryl methyl sites for hydroxylation is 2. The van der Waals surface area contributed by atoms with Crippen molar-refractivity contribution in [3.63, 3.8) is 0 Å². The molecule has 0 saturated heterocycles. The van der Waals surface area contributed by atoms with E-state index in [0.717, 1.165) is 28.1 Å². The van der Waals surface area contributed by atoms with Gasteiger partial charge in [0.15, 0.2) is 0 Å². The predicted octanol–water partition coefficient (Wildman–Crippen LogP) is 4.73. The molecule has 6 nitrogen and oxygen atoms in total. The number of imidazole rings is 2. The van der Waals surface area contributed by atoms with Crippen molar-refractivity contribution in [2.45, 2.75) is 13.0 Å². The van der Waals surface area contributed by atoms with Crippen LogP contribution in [0.3, 0.4) is 0 Å². The van der Waals surface area contributed by atoms with E-state index in [2.05, 4.69) is 19.9 Å². The first-order valence-corrected chi connectivity index (χ1v) is 10.6. The molecule has 0 unspecified atom stereocenters. The van der Waals surface area contributed by atoms with Crippen LogP contribution in [-0.4, -0.2) is 25.0 Å². The third-order valence-corrected chi connectivity index (χ3v) is 5.69. The van der Waals surface area contributed by atoms with Crippen molar-refractivity contribution >= 4 is 16.9 Å². The first-order valence-electron chi connectivity index (χ1n) is 10.6. The van der Waals surface area contributed by atoms with Crippen molar-refractivity contribution in [2.75, 3.05) is 0 Å². The molecule has 5 rings (SSSR count). The van der Waals surface area contributed by atoms with Gasteiger partial charge < -0.3 is 9.88 Å². The summed E-state index contributed by atoms with van der Waals surface area (Å²) >= 11 is 0. The van der Waals surface area contributed by atoms with Gasteiger partial charge in [-0.15, -0.1) is 0 Å². The molecule has 1 N–H and O–H groups in total. The average Bonchev–Trinajstić information content (AvgIpc) is 3.39. The van der Waals surface area contributed by atoms with E-state index in [4.69, 9.17) is 0 Å². The van der Waals surface area contributed by atoms with Gasteiger partial charge in [0, 0.05) is 30.7 Å². The summed E-state index contributed by atoms with van der Waals surface area (Å²) in [5.41, 5.74) is 3.90. The lowest BCUT2D eigenvalue weighted by atomic mass is 10.0. The minimum absolute atomic E-state index is 0.263. The maximum absolute atomic E-state index is 13.5. The van der Waals surface area contributed by atoms with Crippen LogP contribution < -0.4 is 5.32 Å². The molecule has 0 aliphatic carbocycles. The van der Waals surface area contributed by atoms with Crippen molar-refractivity contribution in [1.29, 1.82) is 0 Å². The minimum atomic E-state index is -0.530. The van der Waals surface area contributed by atoms with E-state index in [1.54, 1.807) is 30.5 Å². The number of amides is 1. The van der Waals surface area contributed by atoms with Gasteiger partial charge in [0.05, 0.1) is 11.0 Å². The van der Waals surface area contributed by atoms with Gasteiger partial charge >= 0.3 is 0 Å². The molecule has 7 heteroatoms. The lowest BCUT2D eigenvalue weighted by Crippen LogP contribution is -2.31. The molecule has 0 saturated carbocycles. The van der Waals surface area contributed by atoms with Crippen LogP contribution in [0.1, 0.15) is 33.6 Å². The van der Waals surface area contributed by atoms with Crippen LogP contribution in [0.15, 0.2) is 85.2 Å². The van der Waals surface area contributed by atoms with Crippen LogP contribution in [0, 0.1) is 12.7 Å². The molecule has 0 aliphatic heterocycles. The van der Waals surface area contributed by atoms with Crippen molar-refractivity contribution in [1.82, 2.24) is 24.4 Å². The van der Waals surface area contributed by atoms with Crippen LogP contribution in [0.2, 0.25) is 0 Å². The zero-order valence-corrected chi connectivity index (χ0v) is 18.2. The van der Waals surface area contributed by atoms with Crippen molar-refractivity contribution in [3.8, 4) is 5.69 Å². The summed E-state index contributed by atoms with van der Waals surface area (Å²) in [6.07, 6.45) is 3.48. The molecule has 5 aromatic rings.